The molecular weight excluding hydrogens is 274 g/mol. The average Bonchev–Trinajstić information content (AvgIpc) is 2.54. The van der Waals surface area contributed by atoms with Crippen LogP contribution in [0.4, 0.5) is 0 Å². The summed E-state index contributed by atoms with van der Waals surface area (Å²) in [4.78, 5) is 2.30. The van der Waals surface area contributed by atoms with Gasteiger partial charge in [0.05, 0.1) is 0 Å². The summed E-state index contributed by atoms with van der Waals surface area (Å²) >= 11 is 0. The molecule has 0 amide bonds. The van der Waals surface area contributed by atoms with Crippen LogP contribution in [0.15, 0.2) is 48.5 Å². The predicted octanol–water partition coefficient (Wildman–Crippen LogP) is 2.79. The van der Waals surface area contributed by atoms with E-state index in [-0.39, 0.29) is 0 Å². The van der Waals surface area contributed by atoms with E-state index in [4.69, 9.17) is 4.74 Å². The van der Waals surface area contributed by atoms with Gasteiger partial charge in [-0.1, -0.05) is 42.5 Å². The molecule has 22 heavy (non-hydrogen) atoms. The lowest BCUT2D eigenvalue weighted by atomic mass is 10.00. The highest BCUT2D eigenvalue weighted by atomic mass is 16.5. The van der Waals surface area contributed by atoms with Gasteiger partial charge in [0.2, 0.25) is 0 Å². The molecule has 0 fully saturated rings. The Kier molecular flexibility index (Phi) is 4.76. The average molecular weight is 297 g/mol. The number of aliphatic hydroxyl groups is 1. The fourth-order valence-corrected chi connectivity index (χ4v) is 2.97. The minimum Gasteiger partial charge on any atom is -0.491 e. The number of aliphatic hydroxyl groups excluding tert-OH is 1. The lowest BCUT2D eigenvalue weighted by Gasteiger charge is -2.30. The Morgan fingerprint density at radius 1 is 1.09 bits per heavy atom. The molecule has 0 aromatic heterocycles. The van der Waals surface area contributed by atoms with Crippen molar-refractivity contribution in [2.45, 2.75) is 26.0 Å². The number of hydrogen-bond donors (Lipinski definition) is 1. The molecule has 1 N–H and O–H groups in total. The smallest absolute Gasteiger partial charge is 0.122 e. The second-order valence-corrected chi connectivity index (χ2v) is 5.98. The lowest BCUT2D eigenvalue weighted by molar-refractivity contribution is 0.0635. The van der Waals surface area contributed by atoms with Gasteiger partial charge in [-0.2, -0.15) is 0 Å². The van der Waals surface area contributed by atoms with Crippen LogP contribution in [0.2, 0.25) is 0 Å². The normalized spacial score (nSPS) is 16.1. The van der Waals surface area contributed by atoms with E-state index in [0.29, 0.717) is 13.2 Å². The van der Waals surface area contributed by atoms with Crippen molar-refractivity contribution in [3.8, 4) is 5.75 Å². The summed E-state index contributed by atoms with van der Waals surface area (Å²) < 4.78 is 5.73. The van der Waals surface area contributed by atoms with Crippen molar-refractivity contribution >= 4 is 0 Å². The van der Waals surface area contributed by atoms with Crippen LogP contribution in [0.3, 0.4) is 0 Å². The van der Waals surface area contributed by atoms with Gasteiger partial charge >= 0.3 is 0 Å². The largest absolute Gasteiger partial charge is 0.491 e. The summed E-state index contributed by atoms with van der Waals surface area (Å²) in [5.74, 6) is 0.852. The Hall–Kier alpha value is -1.84. The Morgan fingerprint density at radius 3 is 2.64 bits per heavy atom. The maximum absolute atomic E-state index is 10.2. The van der Waals surface area contributed by atoms with Crippen molar-refractivity contribution in [3.05, 3.63) is 65.2 Å². The number of fused-ring (bicyclic) bond motifs is 1. The van der Waals surface area contributed by atoms with Crippen molar-refractivity contribution in [1.29, 1.82) is 0 Å². The highest BCUT2D eigenvalue weighted by Gasteiger charge is 2.18. The van der Waals surface area contributed by atoms with Gasteiger partial charge in [-0.15, -0.1) is 0 Å². The third-order valence-electron chi connectivity index (χ3n) is 4.20. The van der Waals surface area contributed by atoms with E-state index in [9.17, 15) is 5.11 Å². The Labute approximate surface area is 132 Å². The number of ether oxygens (including phenoxy) is 1. The van der Waals surface area contributed by atoms with E-state index in [1.807, 2.05) is 31.2 Å². The summed E-state index contributed by atoms with van der Waals surface area (Å²) in [6, 6.07) is 16.5. The zero-order valence-electron chi connectivity index (χ0n) is 13.0. The Bertz CT molecular complexity index is 626. The predicted molar refractivity (Wildman–Crippen MR) is 88.1 cm³/mol. The molecule has 1 atom stereocenters. The third-order valence-corrected chi connectivity index (χ3v) is 4.20. The molecule has 1 aliphatic rings. The van der Waals surface area contributed by atoms with Crippen molar-refractivity contribution in [1.82, 2.24) is 4.90 Å². The second kappa shape index (κ2) is 6.95. The zero-order valence-corrected chi connectivity index (χ0v) is 13.0. The van der Waals surface area contributed by atoms with Gasteiger partial charge in [-0.05, 0) is 36.1 Å². The van der Waals surface area contributed by atoms with E-state index in [1.165, 1.54) is 11.1 Å². The summed E-state index contributed by atoms with van der Waals surface area (Å²) in [5.41, 5.74) is 3.91. The number of para-hydroxylation sites is 1. The van der Waals surface area contributed by atoms with E-state index >= 15 is 0 Å². The van der Waals surface area contributed by atoms with E-state index in [1.54, 1.807) is 0 Å². The maximum Gasteiger partial charge on any atom is 0.122 e. The molecule has 2 aromatic rings. The number of β-amino-alcohol motifs (C(OH)–C–C–N with tert-alkyl or cyclic N) is 1. The van der Waals surface area contributed by atoms with E-state index in [0.717, 1.165) is 30.8 Å². The topological polar surface area (TPSA) is 32.7 Å². The minimum absolute atomic E-state index is 0.336. The molecule has 1 heterocycles. The molecule has 3 rings (SSSR count). The third kappa shape index (κ3) is 3.67. The monoisotopic (exact) mass is 297 g/mol. The highest BCUT2D eigenvalue weighted by molar-refractivity contribution is 5.31. The standard InChI is InChI=1S/C19H23NO2/c1-15-6-2-5-9-19(15)22-14-18(21)13-20-11-10-16-7-3-4-8-17(16)12-20/h2-9,18,21H,10-14H2,1H3/t18-/m1/s1. The molecule has 0 saturated carbocycles. The molecular formula is C19H23NO2. The van der Waals surface area contributed by atoms with Crippen LogP contribution in [-0.4, -0.2) is 35.8 Å². The first-order chi connectivity index (χ1) is 10.7. The molecule has 3 heteroatoms. The molecule has 0 unspecified atom stereocenters. The van der Waals surface area contributed by atoms with Crippen LogP contribution >= 0.6 is 0 Å². The first-order valence-electron chi connectivity index (χ1n) is 7.88. The van der Waals surface area contributed by atoms with Crippen molar-refractivity contribution in [3.63, 3.8) is 0 Å². The number of rotatable bonds is 5. The van der Waals surface area contributed by atoms with Crippen LogP contribution in [0.1, 0.15) is 16.7 Å². The van der Waals surface area contributed by atoms with Gasteiger partial charge < -0.3 is 9.84 Å². The van der Waals surface area contributed by atoms with E-state index in [2.05, 4.69) is 29.2 Å². The summed E-state index contributed by atoms with van der Waals surface area (Å²) in [6.45, 7) is 4.92. The SMILES string of the molecule is Cc1ccccc1OC[C@H](O)CN1CCc2ccccc2C1. The summed E-state index contributed by atoms with van der Waals surface area (Å²) in [5, 5.41) is 10.2. The Morgan fingerprint density at radius 2 is 1.82 bits per heavy atom. The molecule has 1 aliphatic heterocycles. The van der Waals surface area contributed by atoms with Crippen molar-refractivity contribution in [2.24, 2.45) is 0 Å². The number of benzene rings is 2. The van der Waals surface area contributed by atoms with Crippen LogP contribution < -0.4 is 4.74 Å². The first kappa shape index (κ1) is 15.1. The fourth-order valence-electron chi connectivity index (χ4n) is 2.97. The molecule has 3 nitrogen and oxygen atoms in total. The second-order valence-electron chi connectivity index (χ2n) is 5.98. The maximum atomic E-state index is 10.2. The lowest BCUT2D eigenvalue weighted by Crippen LogP contribution is -2.38. The van der Waals surface area contributed by atoms with Gasteiger partial charge in [0.15, 0.2) is 0 Å². The first-order valence-corrected chi connectivity index (χ1v) is 7.88. The number of nitrogens with zero attached hydrogens (tertiary/aromatic N) is 1. The minimum atomic E-state index is -0.468. The van der Waals surface area contributed by atoms with Gasteiger partial charge in [0.25, 0.3) is 0 Å². The number of hydrogen-bond acceptors (Lipinski definition) is 3. The summed E-state index contributed by atoms with van der Waals surface area (Å²) in [7, 11) is 0. The molecule has 2 aromatic carbocycles. The summed E-state index contributed by atoms with van der Waals surface area (Å²) in [6.07, 6.45) is 0.589. The fraction of sp³-hybridized carbons (Fsp3) is 0.368. The van der Waals surface area contributed by atoms with E-state index < -0.39 is 6.10 Å². The van der Waals surface area contributed by atoms with Crippen LogP contribution in [0, 0.1) is 6.92 Å². The Balaban J connectivity index is 1.51. The van der Waals surface area contributed by atoms with Crippen LogP contribution in [0.25, 0.3) is 0 Å². The highest BCUT2D eigenvalue weighted by Crippen LogP contribution is 2.19. The van der Waals surface area contributed by atoms with Crippen molar-refractivity contribution in [2.75, 3.05) is 19.7 Å². The molecule has 0 saturated heterocycles. The molecule has 0 bridgehead atoms. The van der Waals surface area contributed by atoms with Gasteiger partial charge in [0, 0.05) is 19.6 Å². The molecule has 0 radical (unpaired) electrons. The zero-order chi connectivity index (χ0) is 15.4. The van der Waals surface area contributed by atoms with Crippen LogP contribution in [-0.2, 0) is 13.0 Å². The molecule has 116 valence electrons. The van der Waals surface area contributed by atoms with Crippen LogP contribution in [0.5, 0.6) is 5.75 Å². The molecule has 0 aliphatic carbocycles. The van der Waals surface area contributed by atoms with Crippen molar-refractivity contribution < 1.29 is 9.84 Å². The number of aryl methyl sites for hydroxylation is 1. The quantitative estimate of drug-likeness (QED) is 0.921. The van der Waals surface area contributed by atoms with Gasteiger partial charge in [-0.25, -0.2) is 0 Å². The van der Waals surface area contributed by atoms with Gasteiger partial charge in [0.1, 0.15) is 18.5 Å². The molecule has 0 spiro atoms. The van der Waals surface area contributed by atoms with Gasteiger partial charge in [-0.3, -0.25) is 4.90 Å².